The first-order valence-corrected chi connectivity index (χ1v) is 5.75. The number of alkyl halides is 1. The molecule has 0 aliphatic carbocycles. The predicted octanol–water partition coefficient (Wildman–Crippen LogP) is 2.77. The predicted molar refractivity (Wildman–Crippen MR) is 62.3 cm³/mol. The van der Waals surface area contributed by atoms with Crippen LogP contribution in [0.25, 0.3) is 0 Å². The summed E-state index contributed by atoms with van der Waals surface area (Å²) in [6.45, 7) is 2.50. The fraction of sp³-hybridized carbons (Fsp3) is 0.300. The van der Waals surface area contributed by atoms with Gasteiger partial charge in [0.1, 0.15) is 0 Å². The molecule has 0 aromatic heterocycles. The fourth-order valence-corrected chi connectivity index (χ4v) is 1.47. The van der Waals surface area contributed by atoms with Gasteiger partial charge < -0.3 is 5.32 Å². The first-order valence-electron chi connectivity index (χ1n) is 4.25. The summed E-state index contributed by atoms with van der Waals surface area (Å²) in [7, 11) is 0. The molecule has 2 nitrogen and oxygen atoms in total. The molecule has 0 saturated carbocycles. The van der Waals surface area contributed by atoms with E-state index in [0.29, 0.717) is 17.1 Å². The minimum Gasteiger partial charge on any atom is -0.351 e. The largest absolute Gasteiger partial charge is 0.351 e. The summed E-state index contributed by atoms with van der Waals surface area (Å²) < 4.78 is 0. The number of benzene rings is 1. The number of nitrogens with one attached hydrogen (secondary N) is 1. The maximum absolute atomic E-state index is 11.6. The van der Waals surface area contributed by atoms with E-state index in [2.05, 4.69) is 21.2 Å². The lowest BCUT2D eigenvalue weighted by Gasteiger charge is -2.06. The van der Waals surface area contributed by atoms with Crippen LogP contribution in [-0.4, -0.2) is 17.8 Å². The fourth-order valence-electron chi connectivity index (χ4n) is 1.09. The smallest absolute Gasteiger partial charge is 0.251 e. The molecular weight excluding hydrogens is 265 g/mol. The zero-order valence-electron chi connectivity index (χ0n) is 7.81. The molecule has 1 amide bonds. The van der Waals surface area contributed by atoms with Crippen molar-refractivity contribution in [3.05, 3.63) is 34.3 Å². The van der Waals surface area contributed by atoms with Crippen LogP contribution in [0.15, 0.2) is 18.2 Å². The van der Waals surface area contributed by atoms with Crippen molar-refractivity contribution in [2.45, 2.75) is 6.92 Å². The van der Waals surface area contributed by atoms with Crippen LogP contribution in [0.1, 0.15) is 15.9 Å². The van der Waals surface area contributed by atoms with Crippen molar-refractivity contribution in [1.29, 1.82) is 0 Å². The molecule has 1 rings (SSSR count). The van der Waals surface area contributed by atoms with E-state index in [9.17, 15) is 4.79 Å². The molecule has 0 aliphatic heterocycles. The standard InChI is InChI=1S/C10H11BrClNO/c1-7-2-3-8(12)6-9(7)10(14)13-5-4-11/h2-3,6H,4-5H2,1H3,(H,13,14). The Bertz CT molecular complexity index is 341. The van der Waals surface area contributed by atoms with E-state index in [1.807, 2.05) is 13.0 Å². The van der Waals surface area contributed by atoms with Crippen molar-refractivity contribution in [2.24, 2.45) is 0 Å². The van der Waals surface area contributed by atoms with E-state index in [1.54, 1.807) is 12.1 Å². The maximum atomic E-state index is 11.6. The summed E-state index contributed by atoms with van der Waals surface area (Å²) in [5.41, 5.74) is 1.57. The van der Waals surface area contributed by atoms with E-state index in [0.717, 1.165) is 10.9 Å². The summed E-state index contributed by atoms with van der Waals surface area (Å²) in [4.78, 5) is 11.6. The van der Waals surface area contributed by atoms with Crippen LogP contribution in [-0.2, 0) is 0 Å². The normalized spacial score (nSPS) is 9.93. The summed E-state index contributed by atoms with van der Waals surface area (Å²) in [6, 6.07) is 5.30. The Labute approximate surface area is 96.8 Å². The summed E-state index contributed by atoms with van der Waals surface area (Å²) >= 11 is 9.05. The zero-order chi connectivity index (χ0) is 10.6. The third-order valence-electron chi connectivity index (χ3n) is 1.82. The lowest BCUT2D eigenvalue weighted by molar-refractivity contribution is 0.0955. The van der Waals surface area contributed by atoms with Crippen LogP contribution in [0.5, 0.6) is 0 Å². The van der Waals surface area contributed by atoms with Gasteiger partial charge in [-0.1, -0.05) is 33.6 Å². The van der Waals surface area contributed by atoms with Gasteiger partial charge in [-0.2, -0.15) is 0 Å². The second-order valence-corrected chi connectivity index (χ2v) is 4.13. The van der Waals surface area contributed by atoms with E-state index < -0.39 is 0 Å². The Hall–Kier alpha value is -0.540. The number of hydrogen-bond donors (Lipinski definition) is 1. The Morgan fingerprint density at radius 2 is 2.29 bits per heavy atom. The summed E-state index contributed by atoms with van der Waals surface area (Å²) in [6.07, 6.45) is 0. The van der Waals surface area contributed by atoms with Crippen LogP contribution in [0, 0.1) is 6.92 Å². The Morgan fingerprint density at radius 1 is 1.57 bits per heavy atom. The molecule has 0 unspecified atom stereocenters. The average molecular weight is 277 g/mol. The molecule has 0 spiro atoms. The van der Waals surface area contributed by atoms with Gasteiger partial charge in [0.2, 0.25) is 0 Å². The molecule has 0 aliphatic rings. The highest BCUT2D eigenvalue weighted by atomic mass is 79.9. The van der Waals surface area contributed by atoms with Crippen LogP contribution >= 0.6 is 27.5 Å². The number of hydrogen-bond acceptors (Lipinski definition) is 1. The van der Waals surface area contributed by atoms with E-state index in [1.165, 1.54) is 0 Å². The van der Waals surface area contributed by atoms with Gasteiger partial charge >= 0.3 is 0 Å². The quantitative estimate of drug-likeness (QED) is 0.845. The number of carbonyl (C=O) groups is 1. The maximum Gasteiger partial charge on any atom is 0.251 e. The minimum absolute atomic E-state index is 0.0792. The molecule has 1 N–H and O–H groups in total. The van der Waals surface area contributed by atoms with Gasteiger partial charge in [0.15, 0.2) is 0 Å². The van der Waals surface area contributed by atoms with E-state index in [-0.39, 0.29) is 5.91 Å². The molecule has 14 heavy (non-hydrogen) atoms. The Balaban J connectivity index is 2.83. The first-order chi connectivity index (χ1) is 6.65. The molecule has 0 saturated heterocycles. The Morgan fingerprint density at radius 3 is 2.93 bits per heavy atom. The molecule has 0 atom stereocenters. The van der Waals surface area contributed by atoms with Crippen LogP contribution in [0.2, 0.25) is 5.02 Å². The van der Waals surface area contributed by atoms with Gasteiger partial charge in [0, 0.05) is 22.5 Å². The van der Waals surface area contributed by atoms with Gasteiger partial charge in [-0.05, 0) is 24.6 Å². The molecule has 1 aromatic carbocycles. The number of aryl methyl sites for hydroxylation is 1. The lowest BCUT2D eigenvalue weighted by atomic mass is 10.1. The molecule has 4 heteroatoms. The van der Waals surface area contributed by atoms with Gasteiger partial charge in [-0.25, -0.2) is 0 Å². The second kappa shape index (κ2) is 5.37. The zero-order valence-corrected chi connectivity index (χ0v) is 10.2. The summed E-state index contributed by atoms with van der Waals surface area (Å²) in [5, 5.41) is 4.10. The third kappa shape index (κ3) is 3.00. The van der Waals surface area contributed by atoms with Crippen molar-refractivity contribution in [1.82, 2.24) is 5.32 Å². The highest BCUT2D eigenvalue weighted by Crippen LogP contribution is 2.15. The van der Waals surface area contributed by atoms with Crippen molar-refractivity contribution in [3.8, 4) is 0 Å². The van der Waals surface area contributed by atoms with Crippen molar-refractivity contribution >= 4 is 33.4 Å². The van der Waals surface area contributed by atoms with Crippen molar-refractivity contribution < 1.29 is 4.79 Å². The van der Waals surface area contributed by atoms with Gasteiger partial charge in [0.05, 0.1) is 0 Å². The van der Waals surface area contributed by atoms with Gasteiger partial charge in [-0.15, -0.1) is 0 Å². The molecule has 76 valence electrons. The molecule has 1 aromatic rings. The number of halogens is 2. The van der Waals surface area contributed by atoms with E-state index in [4.69, 9.17) is 11.6 Å². The highest BCUT2D eigenvalue weighted by molar-refractivity contribution is 9.09. The second-order valence-electron chi connectivity index (χ2n) is 2.90. The molecule has 0 heterocycles. The minimum atomic E-state index is -0.0792. The Kier molecular flexibility index (Phi) is 4.42. The lowest BCUT2D eigenvalue weighted by Crippen LogP contribution is -2.25. The van der Waals surface area contributed by atoms with Gasteiger partial charge in [-0.3, -0.25) is 4.79 Å². The third-order valence-corrected chi connectivity index (χ3v) is 2.46. The number of amides is 1. The first kappa shape index (κ1) is 11.5. The summed E-state index contributed by atoms with van der Waals surface area (Å²) in [5.74, 6) is -0.0792. The van der Waals surface area contributed by atoms with E-state index >= 15 is 0 Å². The molecule has 0 radical (unpaired) electrons. The van der Waals surface area contributed by atoms with Crippen molar-refractivity contribution in [2.75, 3.05) is 11.9 Å². The topological polar surface area (TPSA) is 29.1 Å². The van der Waals surface area contributed by atoms with Crippen LogP contribution in [0.3, 0.4) is 0 Å². The molecule has 0 fully saturated rings. The van der Waals surface area contributed by atoms with Crippen LogP contribution in [0.4, 0.5) is 0 Å². The molecular formula is C10H11BrClNO. The number of carbonyl (C=O) groups excluding carboxylic acids is 1. The van der Waals surface area contributed by atoms with Crippen LogP contribution < -0.4 is 5.32 Å². The highest BCUT2D eigenvalue weighted by Gasteiger charge is 2.08. The average Bonchev–Trinajstić information content (AvgIpc) is 2.18. The van der Waals surface area contributed by atoms with Crippen molar-refractivity contribution in [3.63, 3.8) is 0 Å². The molecule has 0 bridgehead atoms. The number of rotatable bonds is 3. The monoisotopic (exact) mass is 275 g/mol. The SMILES string of the molecule is Cc1ccc(Cl)cc1C(=O)NCCBr. The van der Waals surface area contributed by atoms with Gasteiger partial charge in [0.25, 0.3) is 5.91 Å².